The number of nitrogens with zero attached hydrogens (tertiary/aromatic N) is 3. The minimum atomic E-state index is -0.984. The normalized spacial score (nSPS) is 11.4. The molecule has 4 aromatic carbocycles. The summed E-state index contributed by atoms with van der Waals surface area (Å²) in [5.74, 6) is 0.332. The van der Waals surface area contributed by atoms with Crippen molar-refractivity contribution in [1.29, 1.82) is 0 Å². The number of carboxylic acids is 1. The summed E-state index contributed by atoms with van der Waals surface area (Å²) in [4.78, 5) is 29.3. The number of furan rings is 1. The van der Waals surface area contributed by atoms with Crippen LogP contribution in [0.5, 0.6) is 5.75 Å². The second-order valence-electron chi connectivity index (χ2n) is 8.97. The van der Waals surface area contributed by atoms with Crippen LogP contribution < -0.4 is 10.3 Å². The van der Waals surface area contributed by atoms with E-state index < -0.39 is 5.97 Å². The summed E-state index contributed by atoms with van der Waals surface area (Å²) in [5.41, 5.74) is 2.59. The van der Waals surface area contributed by atoms with Gasteiger partial charge in [-0.15, -0.1) is 0 Å². The van der Waals surface area contributed by atoms with E-state index in [4.69, 9.17) is 19.2 Å². The molecule has 2 aromatic heterocycles. The maximum absolute atomic E-state index is 13.5. The van der Waals surface area contributed by atoms with E-state index >= 15 is 0 Å². The largest absolute Gasteiger partial charge is 0.489 e. The Kier molecular flexibility index (Phi) is 6.71. The SMILES string of the molecule is O=C(O)c1cccc(COc2ccc(C=Nn3c(-c4cc5cc(Br)ccc5o4)nc4ccccc4c3=O)cc2)c1. The van der Waals surface area contributed by atoms with Gasteiger partial charge in [-0.2, -0.15) is 9.78 Å². The number of halogens is 1. The molecule has 0 radical (unpaired) electrons. The monoisotopic (exact) mass is 593 g/mol. The lowest BCUT2D eigenvalue weighted by molar-refractivity contribution is 0.0696. The van der Waals surface area contributed by atoms with Crippen LogP contribution in [0, 0.1) is 0 Å². The minimum absolute atomic E-state index is 0.209. The van der Waals surface area contributed by atoms with Gasteiger partial charge >= 0.3 is 5.97 Å². The van der Waals surface area contributed by atoms with Crippen molar-refractivity contribution in [2.24, 2.45) is 5.10 Å². The molecule has 0 bridgehead atoms. The van der Waals surface area contributed by atoms with Crippen molar-refractivity contribution < 1.29 is 19.1 Å². The standard InChI is InChI=1S/C31H20BrN3O5/c32-23-10-13-27-22(15-23)16-28(40-27)29-34-26-7-2-1-6-25(26)30(36)35(29)33-17-19-8-11-24(12-9-19)39-18-20-4-3-5-21(14-20)31(37)38/h1-17H,18H2,(H,37,38). The lowest BCUT2D eigenvalue weighted by atomic mass is 10.1. The van der Waals surface area contributed by atoms with Crippen LogP contribution in [0.2, 0.25) is 0 Å². The summed E-state index contributed by atoms with van der Waals surface area (Å²) in [7, 11) is 0. The van der Waals surface area contributed by atoms with Gasteiger partial charge in [0.2, 0.25) is 5.82 Å². The molecule has 0 atom stereocenters. The van der Waals surface area contributed by atoms with Crippen molar-refractivity contribution in [2.45, 2.75) is 6.61 Å². The van der Waals surface area contributed by atoms with Gasteiger partial charge < -0.3 is 14.3 Å². The average molecular weight is 594 g/mol. The predicted molar refractivity (Wildman–Crippen MR) is 156 cm³/mol. The summed E-state index contributed by atoms with van der Waals surface area (Å²) in [5, 5.41) is 15.0. The van der Waals surface area contributed by atoms with Crippen molar-refractivity contribution in [3.8, 4) is 17.3 Å². The Morgan fingerprint density at radius 1 is 1.00 bits per heavy atom. The molecule has 0 fully saturated rings. The van der Waals surface area contributed by atoms with E-state index in [1.165, 1.54) is 10.7 Å². The van der Waals surface area contributed by atoms with Crippen LogP contribution in [0.1, 0.15) is 21.5 Å². The molecular weight excluding hydrogens is 574 g/mol. The first kappa shape index (κ1) is 25.3. The molecule has 0 saturated heterocycles. The number of aromatic nitrogens is 2. The molecule has 196 valence electrons. The lowest BCUT2D eigenvalue weighted by Gasteiger charge is -2.08. The molecule has 0 amide bonds. The van der Waals surface area contributed by atoms with Gasteiger partial charge in [0.15, 0.2) is 5.76 Å². The van der Waals surface area contributed by atoms with E-state index in [2.05, 4.69) is 21.0 Å². The average Bonchev–Trinajstić information content (AvgIpc) is 3.39. The third-order valence-electron chi connectivity index (χ3n) is 6.23. The quantitative estimate of drug-likeness (QED) is 0.206. The van der Waals surface area contributed by atoms with Crippen LogP contribution in [0.4, 0.5) is 0 Å². The number of ether oxygens (including phenoxy) is 1. The van der Waals surface area contributed by atoms with E-state index in [9.17, 15) is 9.59 Å². The van der Waals surface area contributed by atoms with E-state index in [1.54, 1.807) is 54.7 Å². The number of aromatic carboxylic acids is 1. The Labute approximate surface area is 235 Å². The van der Waals surface area contributed by atoms with Crippen LogP contribution in [0.3, 0.4) is 0 Å². The van der Waals surface area contributed by atoms with Crippen LogP contribution >= 0.6 is 15.9 Å². The zero-order valence-corrected chi connectivity index (χ0v) is 22.4. The zero-order chi connectivity index (χ0) is 27.6. The molecule has 1 N–H and O–H groups in total. The molecule has 0 spiro atoms. The molecule has 0 aliphatic carbocycles. The molecule has 6 rings (SSSR count). The van der Waals surface area contributed by atoms with E-state index in [1.807, 2.05) is 42.5 Å². The second kappa shape index (κ2) is 10.6. The van der Waals surface area contributed by atoms with Crippen LogP contribution in [-0.4, -0.2) is 27.0 Å². The van der Waals surface area contributed by atoms with E-state index in [0.717, 1.165) is 21.0 Å². The van der Waals surface area contributed by atoms with Gasteiger partial charge in [-0.05, 0) is 83.9 Å². The first-order chi connectivity index (χ1) is 19.4. The number of para-hydroxylation sites is 1. The maximum atomic E-state index is 13.5. The number of fused-ring (bicyclic) bond motifs is 2. The summed E-state index contributed by atoms with van der Waals surface area (Å²) in [6.07, 6.45) is 1.57. The first-order valence-corrected chi connectivity index (χ1v) is 13.0. The Balaban J connectivity index is 1.30. The maximum Gasteiger partial charge on any atom is 0.335 e. The van der Waals surface area contributed by atoms with Crippen molar-refractivity contribution in [3.63, 3.8) is 0 Å². The molecule has 40 heavy (non-hydrogen) atoms. The highest BCUT2D eigenvalue weighted by atomic mass is 79.9. The number of rotatable bonds is 7. The smallest absolute Gasteiger partial charge is 0.335 e. The Morgan fingerprint density at radius 2 is 1.82 bits per heavy atom. The highest BCUT2D eigenvalue weighted by molar-refractivity contribution is 9.10. The number of hydrogen-bond acceptors (Lipinski definition) is 6. The molecule has 0 saturated carbocycles. The van der Waals surface area contributed by atoms with Gasteiger partial charge in [-0.3, -0.25) is 4.79 Å². The van der Waals surface area contributed by atoms with Gasteiger partial charge in [0, 0.05) is 9.86 Å². The highest BCUT2D eigenvalue weighted by Gasteiger charge is 2.16. The topological polar surface area (TPSA) is 107 Å². The molecule has 8 nitrogen and oxygen atoms in total. The van der Waals surface area contributed by atoms with Crippen molar-refractivity contribution in [2.75, 3.05) is 0 Å². The predicted octanol–water partition coefficient (Wildman–Crippen LogP) is 6.73. The van der Waals surface area contributed by atoms with Crippen molar-refractivity contribution in [3.05, 3.63) is 129 Å². The first-order valence-electron chi connectivity index (χ1n) is 12.3. The summed E-state index contributed by atoms with van der Waals surface area (Å²) in [6.45, 7) is 0.226. The third-order valence-corrected chi connectivity index (χ3v) is 6.73. The van der Waals surface area contributed by atoms with Gasteiger partial charge in [0.25, 0.3) is 5.56 Å². The number of carbonyl (C=O) groups is 1. The number of hydrogen-bond donors (Lipinski definition) is 1. The lowest BCUT2D eigenvalue weighted by Crippen LogP contribution is -2.20. The third kappa shape index (κ3) is 5.14. The summed E-state index contributed by atoms with van der Waals surface area (Å²) >= 11 is 3.48. The fraction of sp³-hybridized carbons (Fsp3) is 0.0323. The number of benzene rings is 4. The van der Waals surface area contributed by atoms with Gasteiger partial charge in [0.1, 0.15) is 17.9 Å². The van der Waals surface area contributed by atoms with Crippen LogP contribution in [0.15, 0.2) is 116 Å². The van der Waals surface area contributed by atoms with E-state index in [0.29, 0.717) is 28.0 Å². The number of carboxylic acid groups (broad SMARTS) is 1. The minimum Gasteiger partial charge on any atom is -0.489 e. The molecule has 9 heteroatoms. The van der Waals surface area contributed by atoms with Crippen molar-refractivity contribution >= 4 is 50.0 Å². The Hall–Kier alpha value is -5.02. The molecule has 0 aliphatic heterocycles. The van der Waals surface area contributed by atoms with Gasteiger partial charge in [-0.1, -0.05) is 40.2 Å². The molecule has 0 aliphatic rings. The van der Waals surface area contributed by atoms with Gasteiger partial charge in [0.05, 0.1) is 22.7 Å². The Morgan fingerprint density at radius 3 is 2.65 bits per heavy atom. The summed E-state index contributed by atoms with van der Waals surface area (Å²) < 4.78 is 14.0. The van der Waals surface area contributed by atoms with Crippen molar-refractivity contribution in [1.82, 2.24) is 9.66 Å². The van der Waals surface area contributed by atoms with Gasteiger partial charge in [-0.25, -0.2) is 9.78 Å². The molecular formula is C31H20BrN3O5. The van der Waals surface area contributed by atoms with E-state index in [-0.39, 0.29) is 23.6 Å². The fourth-order valence-corrected chi connectivity index (χ4v) is 4.63. The Bertz CT molecular complexity index is 1980. The van der Waals surface area contributed by atoms with Crippen LogP contribution in [-0.2, 0) is 6.61 Å². The van der Waals surface area contributed by atoms with Crippen LogP contribution in [0.25, 0.3) is 33.5 Å². The molecule has 0 unspecified atom stereocenters. The second-order valence-corrected chi connectivity index (χ2v) is 9.89. The zero-order valence-electron chi connectivity index (χ0n) is 20.8. The fourth-order valence-electron chi connectivity index (χ4n) is 4.25. The molecule has 6 aromatic rings. The summed E-state index contributed by atoms with van der Waals surface area (Å²) in [6, 6.07) is 28.4. The highest BCUT2D eigenvalue weighted by Crippen LogP contribution is 2.29. The molecule has 2 heterocycles.